The molecule has 7 heteroatoms. The van der Waals surface area contributed by atoms with Crippen LogP contribution in [0.1, 0.15) is 48.3 Å². The molecule has 0 radical (unpaired) electrons. The smallest absolute Gasteiger partial charge is 0.219 e. The number of piperidine rings is 1. The number of rotatable bonds is 4. The fourth-order valence-corrected chi connectivity index (χ4v) is 5.25. The van der Waals surface area contributed by atoms with Gasteiger partial charge < -0.3 is 14.8 Å². The predicted octanol–water partition coefficient (Wildman–Crippen LogP) is 3.29. The summed E-state index contributed by atoms with van der Waals surface area (Å²) in [5.41, 5.74) is 4.87. The fraction of sp³-hybridized carbons (Fsp3) is 0.480. The van der Waals surface area contributed by atoms with E-state index in [0.29, 0.717) is 12.5 Å². The number of nitrogens with one attached hydrogen (secondary N) is 1. The van der Waals surface area contributed by atoms with E-state index < -0.39 is 0 Å². The zero-order valence-corrected chi connectivity index (χ0v) is 19.3. The van der Waals surface area contributed by atoms with Crippen molar-refractivity contribution in [2.24, 2.45) is 7.05 Å². The fourth-order valence-electron chi connectivity index (χ4n) is 5.25. The summed E-state index contributed by atoms with van der Waals surface area (Å²) in [5.74, 6) is 2.35. The maximum absolute atomic E-state index is 11.9. The summed E-state index contributed by atoms with van der Waals surface area (Å²) in [6.45, 7) is 6.04. The highest BCUT2D eigenvalue weighted by Gasteiger charge is 2.28. The molecular formula is C25H32N6O. The minimum Gasteiger partial charge on any atom is -0.373 e. The molecule has 0 aliphatic carbocycles. The molecule has 0 spiro atoms. The van der Waals surface area contributed by atoms with Crippen molar-refractivity contribution in [1.29, 1.82) is 0 Å². The third-order valence-electron chi connectivity index (χ3n) is 7.09. The molecule has 3 aromatic rings. The summed E-state index contributed by atoms with van der Waals surface area (Å²) in [4.78, 5) is 26.2. The Morgan fingerprint density at radius 1 is 1.16 bits per heavy atom. The number of hydrogen-bond acceptors (Lipinski definition) is 5. The van der Waals surface area contributed by atoms with Crippen LogP contribution in [0.2, 0.25) is 0 Å². The number of carbonyl (C=O) groups excluding carboxylic acids is 1. The van der Waals surface area contributed by atoms with Gasteiger partial charge >= 0.3 is 0 Å². The third kappa shape index (κ3) is 3.86. The van der Waals surface area contributed by atoms with Gasteiger partial charge in [-0.05, 0) is 44.0 Å². The highest BCUT2D eigenvalue weighted by molar-refractivity contribution is 5.83. The average molecular weight is 433 g/mol. The van der Waals surface area contributed by atoms with Crippen LogP contribution in [0.4, 0.5) is 5.82 Å². The van der Waals surface area contributed by atoms with Crippen LogP contribution in [-0.4, -0.2) is 56.9 Å². The van der Waals surface area contributed by atoms with Gasteiger partial charge in [-0.2, -0.15) is 0 Å². The molecule has 1 fully saturated rings. The Kier molecular flexibility index (Phi) is 5.59. The lowest BCUT2D eigenvalue weighted by Crippen LogP contribution is -2.36. The van der Waals surface area contributed by atoms with E-state index in [1.54, 1.807) is 6.92 Å². The molecule has 4 heterocycles. The summed E-state index contributed by atoms with van der Waals surface area (Å²) in [6, 6.07) is 8.64. The molecule has 1 saturated heterocycles. The minimum absolute atomic E-state index is 0.114. The maximum Gasteiger partial charge on any atom is 0.219 e. The van der Waals surface area contributed by atoms with E-state index in [4.69, 9.17) is 9.97 Å². The zero-order chi connectivity index (χ0) is 22.2. The largest absolute Gasteiger partial charge is 0.373 e. The van der Waals surface area contributed by atoms with E-state index >= 15 is 0 Å². The Morgan fingerprint density at radius 3 is 2.69 bits per heavy atom. The average Bonchev–Trinajstić information content (AvgIpc) is 3.13. The molecule has 1 amide bonds. The summed E-state index contributed by atoms with van der Waals surface area (Å²) in [7, 11) is 4.05. The molecule has 1 N–H and O–H groups in total. The molecule has 7 nitrogen and oxygen atoms in total. The number of hydrogen-bond donors (Lipinski definition) is 1. The molecule has 2 aliphatic rings. The van der Waals surface area contributed by atoms with Gasteiger partial charge in [0.2, 0.25) is 5.91 Å². The van der Waals surface area contributed by atoms with Crippen LogP contribution >= 0.6 is 0 Å². The number of likely N-dealkylation sites (tertiary alicyclic amines) is 1. The number of anilines is 1. The first kappa shape index (κ1) is 20.9. The number of aryl methyl sites for hydroxylation is 1. The Hall–Kier alpha value is -2.93. The second-order valence-electron chi connectivity index (χ2n) is 9.13. The van der Waals surface area contributed by atoms with Gasteiger partial charge in [0.1, 0.15) is 11.6 Å². The van der Waals surface area contributed by atoms with Crippen molar-refractivity contribution in [1.82, 2.24) is 24.3 Å². The monoisotopic (exact) mass is 432 g/mol. The molecule has 0 saturated carbocycles. The SMILES string of the molecule is CNc1nc(C2CCN(Cc3cn(C)c4ccccc34)CC2)nc2c1CCN(C(C)=O)C2. The molecular weight excluding hydrogens is 400 g/mol. The predicted molar refractivity (Wildman–Crippen MR) is 127 cm³/mol. The lowest BCUT2D eigenvalue weighted by atomic mass is 9.94. The van der Waals surface area contributed by atoms with Gasteiger partial charge in [0.25, 0.3) is 0 Å². The van der Waals surface area contributed by atoms with Crippen molar-refractivity contribution in [2.75, 3.05) is 32.0 Å². The van der Waals surface area contributed by atoms with Crippen molar-refractivity contribution < 1.29 is 4.79 Å². The normalized spacial score (nSPS) is 17.5. The first-order chi connectivity index (χ1) is 15.5. The molecule has 1 aromatic carbocycles. The number of para-hydroxylation sites is 1. The second-order valence-corrected chi connectivity index (χ2v) is 9.13. The molecule has 0 bridgehead atoms. The summed E-state index contributed by atoms with van der Waals surface area (Å²) in [5, 5.41) is 4.62. The van der Waals surface area contributed by atoms with Gasteiger partial charge in [0.15, 0.2) is 0 Å². The summed E-state index contributed by atoms with van der Waals surface area (Å²) < 4.78 is 2.22. The Bertz CT molecular complexity index is 1140. The number of aromatic nitrogens is 3. The highest BCUT2D eigenvalue weighted by Crippen LogP contribution is 2.31. The summed E-state index contributed by atoms with van der Waals surface area (Å²) in [6.07, 6.45) is 5.20. The first-order valence-electron chi connectivity index (χ1n) is 11.6. The Labute approximate surface area is 189 Å². The number of benzene rings is 1. The molecule has 168 valence electrons. The van der Waals surface area contributed by atoms with Crippen LogP contribution in [0, 0.1) is 0 Å². The van der Waals surface area contributed by atoms with Crippen LogP contribution in [0.3, 0.4) is 0 Å². The number of nitrogens with zero attached hydrogens (tertiary/aromatic N) is 5. The highest BCUT2D eigenvalue weighted by atomic mass is 16.2. The minimum atomic E-state index is 0.114. The maximum atomic E-state index is 11.9. The third-order valence-corrected chi connectivity index (χ3v) is 7.09. The van der Waals surface area contributed by atoms with Crippen molar-refractivity contribution in [2.45, 2.75) is 45.2 Å². The molecule has 5 rings (SSSR count). The summed E-state index contributed by atoms with van der Waals surface area (Å²) >= 11 is 0. The lowest BCUT2D eigenvalue weighted by molar-refractivity contribution is -0.129. The van der Waals surface area contributed by atoms with Crippen LogP contribution in [0.15, 0.2) is 30.5 Å². The van der Waals surface area contributed by atoms with E-state index in [-0.39, 0.29) is 5.91 Å². The van der Waals surface area contributed by atoms with Crippen LogP contribution < -0.4 is 5.32 Å². The van der Waals surface area contributed by atoms with E-state index in [1.807, 2.05) is 11.9 Å². The number of carbonyl (C=O) groups is 1. The van der Waals surface area contributed by atoms with Gasteiger partial charge in [0.05, 0.1) is 12.2 Å². The van der Waals surface area contributed by atoms with E-state index in [2.05, 4.69) is 52.3 Å². The van der Waals surface area contributed by atoms with Crippen molar-refractivity contribution >= 4 is 22.6 Å². The number of fused-ring (bicyclic) bond motifs is 2. The zero-order valence-electron chi connectivity index (χ0n) is 19.3. The molecule has 0 unspecified atom stereocenters. The van der Waals surface area contributed by atoms with E-state index in [1.165, 1.54) is 22.0 Å². The van der Waals surface area contributed by atoms with Crippen LogP contribution in [-0.2, 0) is 31.4 Å². The Balaban J connectivity index is 1.30. The molecule has 2 aromatic heterocycles. The van der Waals surface area contributed by atoms with Gasteiger partial charge in [-0.1, -0.05) is 18.2 Å². The van der Waals surface area contributed by atoms with E-state index in [0.717, 1.165) is 62.8 Å². The van der Waals surface area contributed by atoms with Gasteiger partial charge in [-0.25, -0.2) is 9.97 Å². The van der Waals surface area contributed by atoms with Crippen molar-refractivity contribution in [3.8, 4) is 0 Å². The standard InChI is InChI=1S/C25H32N6O/c1-17(32)31-13-10-21-22(16-31)27-24(28-25(21)26-2)18-8-11-30(12-9-18)15-19-14-29(3)23-7-5-4-6-20(19)23/h4-7,14,18H,8-13,15-16H2,1-3H3,(H,26,27,28). The number of amides is 1. The topological polar surface area (TPSA) is 66.3 Å². The van der Waals surface area contributed by atoms with E-state index in [9.17, 15) is 4.79 Å². The molecule has 2 aliphatic heterocycles. The van der Waals surface area contributed by atoms with Gasteiger partial charge in [-0.3, -0.25) is 9.69 Å². The van der Waals surface area contributed by atoms with Gasteiger partial charge in [0, 0.05) is 62.7 Å². The Morgan fingerprint density at radius 2 is 1.94 bits per heavy atom. The second kappa shape index (κ2) is 8.54. The van der Waals surface area contributed by atoms with Crippen molar-refractivity contribution in [3.63, 3.8) is 0 Å². The lowest BCUT2D eigenvalue weighted by Gasteiger charge is -2.33. The van der Waals surface area contributed by atoms with Crippen LogP contribution in [0.25, 0.3) is 10.9 Å². The first-order valence-corrected chi connectivity index (χ1v) is 11.6. The molecule has 32 heavy (non-hydrogen) atoms. The molecule has 0 atom stereocenters. The van der Waals surface area contributed by atoms with Crippen molar-refractivity contribution in [3.05, 3.63) is 53.1 Å². The van der Waals surface area contributed by atoms with Crippen LogP contribution in [0.5, 0.6) is 0 Å². The quantitative estimate of drug-likeness (QED) is 0.685. The van der Waals surface area contributed by atoms with Gasteiger partial charge in [-0.15, -0.1) is 0 Å².